The van der Waals surface area contributed by atoms with Gasteiger partial charge in [-0.1, -0.05) is 17.3 Å². The molecule has 0 bridgehead atoms. The molecular weight excluding hydrogens is 448 g/mol. The van der Waals surface area contributed by atoms with E-state index >= 15 is 0 Å². The molecule has 13 heteroatoms. The van der Waals surface area contributed by atoms with Crippen molar-refractivity contribution in [2.45, 2.75) is 13.1 Å². The van der Waals surface area contributed by atoms with Crippen LogP contribution >= 0.6 is 0 Å². The first-order valence-corrected chi connectivity index (χ1v) is 11.6. The summed E-state index contributed by atoms with van der Waals surface area (Å²) in [5.74, 6) is 0. The molecule has 5 aromatic rings. The summed E-state index contributed by atoms with van der Waals surface area (Å²) in [6.45, 7) is 0.999. The van der Waals surface area contributed by atoms with E-state index in [9.17, 15) is 8.42 Å². The van der Waals surface area contributed by atoms with Gasteiger partial charge in [-0.25, -0.2) is 14.6 Å². The van der Waals surface area contributed by atoms with Crippen LogP contribution in [0.5, 0.6) is 0 Å². The molecule has 0 saturated heterocycles. The number of pyridine rings is 1. The van der Waals surface area contributed by atoms with Crippen LogP contribution in [-0.2, 0) is 23.2 Å². The van der Waals surface area contributed by atoms with Gasteiger partial charge in [0.05, 0.1) is 49.6 Å². The molecular formula is C20H20N8O4S. The maximum Gasteiger partial charge on any atom is 0.261 e. The molecule has 12 nitrogen and oxygen atoms in total. The Morgan fingerprint density at radius 3 is 2.73 bits per heavy atom. The summed E-state index contributed by atoms with van der Waals surface area (Å²) in [4.78, 5) is 13.4. The maximum absolute atomic E-state index is 9.19. The molecule has 170 valence electrons. The molecule has 1 aromatic carbocycles. The number of aromatic nitrogens is 8. The van der Waals surface area contributed by atoms with Crippen LogP contribution in [0.25, 0.3) is 33.5 Å². The van der Waals surface area contributed by atoms with Crippen molar-refractivity contribution in [3.63, 3.8) is 0 Å². The molecule has 4 heterocycles. The average molecular weight is 468 g/mol. The standard InChI is InChI=1S/C19H16N8O.CH4O3S/c28-7-6-26-12-15(9-22-26)17-10-21-18-19(23-17)27(25-24-18)11-13-3-4-16-14(8-13)2-1-5-20-16;1-5(2,3)4/h1-5,8-10,12,28H,6-7,11H2;1H3,(H,2,3,4). The molecule has 33 heavy (non-hydrogen) atoms. The highest BCUT2D eigenvalue weighted by molar-refractivity contribution is 7.85. The summed E-state index contributed by atoms with van der Waals surface area (Å²) in [6.07, 6.45) is 7.69. The minimum atomic E-state index is -3.67. The molecule has 0 atom stereocenters. The Bertz CT molecular complexity index is 1510. The van der Waals surface area contributed by atoms with Crippen LogP contribution in [0.2, 0.25) is 0 Å². The summed E-state index contributed by atoms with van der Waals surface area (Å²) < 4.78 is 29.3. The van der Waals surface area contributed by atoms with Crippen molar-refractivity contribution < 1.29 is 18.1 Å². The number of aliphatic hydroxyl groups excluding tert-OH is 1. The van der Waals surface area contributed by atoms with Gasteiger partial charge in [0.2, 0.25) is 5.65 Å². The lowest BCUT2D eigenvalue weighted by Crippen LogP contribution is -2.03. The highest BCUT2D eigenvalue weighted by Gasteiger charge is 2.12. The van der Waals surface area contributed by atoms with Crippen molar-refractivity contribution >= 4 is 32.3 Å². The van der Waals surface area contributed by atoms with Crippen LogP contribution in [-0.4, -0.2) is 70.7 Å². The Kier molecular flexibility index (Phi) is 6.35. The van der Waals surface area contributed by atoms with Gasteiger partial charge < -0.3 is 5.11 Å². The van der Waals surface area contributed by atoms with Gasteiger partial charge in [0.25, 0.3) is 10.1 Å². The number of fused-ring (bicyclic) bond motifs is 2. The molecule has 0 amide bonds. The highest BCUT2D eigenvalue weighted by atomic mass is 32.2. The van der Waals surface area contributed by atoms with E-state index in [1.54, 1.807) is 28.0 Å². The Morgan fingerprint density at radius 2 is 1.94 bits per heavy atom. The van der Waals surface area contributed by atoms with Crippen LogP contribution in [0.15, 0.2) is 55.1 Å². The number of nitrogens with zero attached hydrogens (tertiary/aromatic N) is 8. The summed E-state index contributed by atoms with van der Waals surface area (Å²) in [5.41, 5.74) is 4.65. The Morgan fingerprint density at radius 1 is 1.12 bits per heavy atom. The zero-order chi connectivity index (χ0) is 23.4. The van der Waals surface area contributed by atoms with E-state index in [0.29, 0.717) is 36.3 Å². The van der Waals surface area contributed by atoms with Crippen molar-refractivity contribution in [3.05, 3.63) is 60.7 Å². The maximum atomic E-state index is 9.19. The number of aliphatic hydroxyl groups is 1. The van der Waals surface area contributed by atoms with Crippen LogP contribution in [0.4, 0.5) is 0 Å². The zero-order valence-electron chi connectivity index (χ0n) is 17.5. The second-order valence-electron chi connectivity index (χ2n) is 7.13. The van der Waals surface area contributed by atoms with E-state index in [2.05, 4.69) is 36.4 Å². The smallest absolute Gasteiger partial charge is 0.261 e. The lowest BCUT2D eigenvalue weighted by atomic mass is 10.1. The van der Waals surface area contributed by atoms with Gasteiger partial charge in [0, 0.05) is 23.3 Å². The normalized spacial score (nSPS) is 11.5. The third-order valence-electron chi connectivity index (χ3n) is 4.49. The van der Waals surface area contributed by atoms with Gasteiger partial charge >= 0.3 is 0 Å². The van der Waals surface area contributed by atoms with Crippen molar-refractivity contribution in [2.75, 3.05) is 12.9 Å². The third kappa shape index (κ3) is 5.71. The molecule has 0 saturated carbocycles. The van der Waals surface area contributed by atoms with Gasteiger partial charge in [-0.05, 0) is 23.8 Å². The van der Waals surface area contributed by atoms with Gasteiger partial charge in [-0.15, -0.1) is 5.10 Å². The summed E-state index contributed by atoms with van der Waals surface area (Å²) in [6, 6.07) is 10.1. The van der Waals surface area contributed by atoms with Crippen LogP contribution in [0.3, 0.4) is 0 Å². The monoisotopic (exact) mass is 468 g/mol. The molecule has 0 aliphatic rings. The SMILES string of the molecule is CS(=O)(=O)O.OCCn1cc(-c2cnc3nnn(Cc4ccc5ncccc5c4)c3n2)cn1. The van der Waals surface area contributed by atoms with E-state index in [-0.39, 0.29) is 6.61 Å². The predicted molar refractivity (Wildman–Crippen MR) is 120 cm³/mol. The van der Waals surface area contributed by atoms with E-state index in [4.69, 9.17) is 9.66 Å². The highest BCUT2D eigenvalue weighted by Crippen LogP contribution is 2.19. The topological polar surface area (TPSA) is 162 Å². The largest absolute Gasteiger partial charge is 0.394 e. The molecule has 0 unspecified atom stereocenters. The van der Waals surface area contributed by atoms with Crippen LogP contribution in [0.1, 0.15) is 5.56 Å². The van der Waals surface area contributed by atoms with Crippen molar-refractivity contribution in [1.82, 2.24) is 39.7 Å². The molecule has 0 aliphatic heterocycles. The number of hydrogen-bond acceptors (Lipinski definition) is 9. The number of hydrogen-bond donors (Lipinski definition) is 2. The van der Waals surface area contributed by atoms with E-state index in [1.165, 1.54) is 0 Å². The minimum Gasteiger partial charge on any atom is -0.394 e. The van der Waals surface area contributed by atoms with Gasteiger partial charge in [0.15, 0.2) is 5.65 Å². The molecule has 0 radical (unpaired) electrons. The zero-order valence-corrected chi connectivity index (χ0v) is 18.3. The second-order valence-corrected chi connectivity index (χ2v) is 8.59. The first-order valence-electron chi connectivity index (χ1n) is 9.76. The minimum absolute atomic E-state index is 0.0315. The molecule has 0 spiro atoms. The number of benzene rings is 1. The lowest BCUT2D eigenvalue weighted by Gasteiger charge is -2.04. The molecule has 0 aliphatic carbocycles. The number of rotatable bonds is 5. The van der Waals surface area contributed by atoms with E-state index < -0.39 is 10.1 Å². The predicted octanol–water partition coefficient (Wildman–Crippen LogP) is 1.18. The van der Waals surface area contributed by atoms with Gasteiger partial charge in [0.1, 0.15) is 0 Å². The Hall–Kier alpha value is -3.81. The van der Waals surface area contributed by atoms with Crippen molar-refractivity contribution in [3.8, 4) is 11.3 Å². The second kappa shape index (κ2) is 9.36. The average Bonchev–Trinajstić information content (AvgIpc) is 3.40. The summed E-state index contributed by atoms with van der Waals surface area (Å²) in [7, 11) is -3.67. The fraction of sp³-hybridized carbons (Fsp3) is 0.200. The molecule has 4 aromatic heterocycles. The Labute approximate surface area is 188 Å². The fourth-order valence-electron chi connectivity index (χ4n) is 3.12. The third-order valence-corrected chi connectivity index (χ3v) is 4.49. The van der Waals surface area contributed by atoms with E-state index in [0.717, 1.165) is 22.0 Å². The molecule has 0 fully saturated rings. The Balaban J connectivity index is 0.000000471. The van der Waals surface area contributed by atoms with Gasteiger partial charge in [-0.2, -0.15) is 13.5 Å². The molecule has 5 rings (SSSR count). The lowest BCUT2D eigenvalue weighted by molar-refractivity contribution is 0.269. The van der Waals surface area contributed by atoms with Gasteiger partial charge in [-0.3, -0.25) is 14.2 Å². The first kappa shape index (κ1) is 22.4. The summed E-state index contributed by atoms with van der Waals surface area (Å²) >= 11 is 0. The van der Waals surface area contributed by atoms with Crippen LogP contribution in [0, 0.1) is 0 Å². The quantitative estimate of drug-likeness (QED) is 0.358. The summed E-state index contributed by atoms with van der Waals surface area (Å²) in [5, 5.41) is 22.7. The van der Waals surface area contributed by atoms with Crippen molar-refractivity contribution in [1.29, 1.82) is 0 Å². The first-order chi connectivity index (χ1) is 15.8. The fourth-order valence-corrected chi connectivity index (χ4v) is 3.12. The van der Waals surface area contributed by atoms with Crippen LogP contribution < -0.4 is 0 Å². The molecule has 2 N–H and O–H groups in total. The van der Waals surface area contributed by atoms with E-state index in [1.807, 2.05) is 30.5 Å². The van der Waals surface area contributed by atoms with Crippen molar-refractivity contribution in [2.24, 2.45) is 0 Å².